The molecule has 1 aliphatic rings. The molecule has 0 aliphatic heterocycles. The minimum Gasteiger partial charge on any atom is -0.362 e. The van der Waals surface area contributed by atoms with Crippen molar-refractivity contribution in [2.75, 3.05) is 30.9 Å². The molecule has 0 radical (unpaired) electrons. The van der Waals surface area contributed by atoms with E-state index in [-0.39, 0.29) is 11.9 Å². The molecule has 1 aliphatic carbocycles. The maximum atomic E-state index is 12.5. The third-order valence-corrected chi connectivity index (χ3v) is 5.68. The Morgan fingerprint density at radius 1 is 1.17 bits per heavy atom. The van der Waals surface area contributed by atoms with Crippen LogP contribution in [0.5, 0.6) is 0 Å². The summed E-state index contributed by atoms with van der Waals surface area (Å²) in [5, 5.41) is 7.43. The maximum Gasteiger partial charge on any atom is 0.251 e. The van der Waals surface area contributed by atoms with E-state index in [9.17, 15) is 4.79 Å². The largest absolute Gasteiger partial charge is 0.362 e. The molecule has 2 atom stereocenters. The first-order chi connectivity index (χ1) is 13.8. The first-order valence-corrected chi connectivity index (χ1v) is 10.6. The highest BCUT2D eigenvalue weighted by molar-refractivity contribution is 6.35. The number of hydrogen-bond acceptors (Lipinski definition) is 5. The summed E-state index contributed by atoms with van der Waals surface area (Å²) in [6.07, 6.45) is 6.21. The molecular formula is C21H27Cl2N5O. The number of amides is 1. The normalized spacial score (nSPS) is 18.9. The highest BCUT2D eigenvalue weighted by atomic mass is 35.5. The third-order valence-electron chi connectivity index (χ3n) is 5.24. The van der Waals surface area contributed by atoms with Gasteiger partial charge in [0.1, 0.15) is 5.82 Å². The molecule has 6 nitrogen and oxygen atoms in total. The van der Waals surface area contributed by atoms with Gasteiger partial charge in [-0.05, 0) is 43.9 Å². The van der Waals surface area contributed by atoms with Crippen molar-refractivity contribution in [2.24, 2.45) is 5.92 Å². The van der Waals surface area contributed by atoms with E-state index >= 15 is 0 Å². The fourth-order valence-corrected chi connectivity index (χ4v) is 4.30. The summed E-state index contributed by atoms with van der Waals surface area (Å²) in [6.45, 7) is 2.58. The molecular weight excluding hydrogens is 409 g/mol. The first-order valence-electron chi connectivity index (χ1n) is 9.85. The number of rotatable bonds is 6. The summed E-state index contributed by atoms with van der Waals surface area (Å²) in [6, 6.07) is 5.08. The Kier molecular flexibility index (Phi) is 7.19. The van der Waals surface area contributed by atoms with Gasteiger partial charge < -0.3 is 15.5 Å². The van der Waals surface area contributed by atoms with Gasteiger partial charge in [-0.25, -0.2) is 4.98 Å². The van der Waals surface area contributed by atoms with E-state index in [2.05, 4.69) is 20.6 Å². The molecule has 29 heavy (non-hydrogen) atoms. The van der Waals surface area contributed by atoms with Crippen molar-refractivity contribution < 1.29 is 4.79 Å². The van der Waals surface area contributed by atoms with Gasteiger partial charge >= 0.3 is 0 Å². The second kappa shape index (κ2) is 9.63. The lowest BCUT2D eigenvalue weighted by Crippen LogP contribution is -2.40. The van der Waals surface area contributed by atoms with Crippen LogP contribution in [0.3, 0.4) is 0 Å². The molecule has 2 aromatic rings. The van der Waals surface area contributed by atoms with Crippen LogP contribution in [0.15, 0.2) is 24.4 Å². The van der Waals surface area contributed by atoms with E-state index in [0.717, 1.165) is 37.1 Å². The number of aromatic nitrogens is 2. The SMILES string of the molecule is Cc1cnc(NC2CCCCC2CNC(=O)c2cc(Cl)cc(Cl)c2)nc1N(C)C. The van der Waals surface area contributed by atoms with E-state index in [1.165, 1.54) is 0 Å². The van der Waals surface area contributed by atoms with Crippen LogP contribution >= 0.6 is 23.2 Å². The van der Waals surface area contributed by atoms with Gasteiger partial charge in [-0.2, -0.15) is 4.98 Å². The quantitative estimate of drug-likeness (QED) is 0.695. The molecule has 156 valence electrons. The highest BCUT2D eigenvalue weighted by Gasteiger charge is 2.26. The minimum absolute atomic E-state index is 0.166. The maximum absolute atomic E-state index is 12.5. The number of carbonyl (C=O) groups excluding carboxylic acids is 1. The van der Waals surface area contributed by atoms with Crippen molar-refractivity contribution in [1.29, 1.82) is 0 Å². The van der Waals surface area contributed by atoms with Crippen LogP contribution in [0.1, 0.15) is 41.6 Å². The molecule has 0 saturated heterocycles. The zero-order valence-electron chi connectivity index (χ0n) is 17.0. The molecule has 0 bridgehead atoms. The van der Waals surface area contributed by atoms with Gasteiger partial charge in [0, 0.05) is 54.1 Å². The molecule has 2 unspecified atom stereocenters. The zero-order valence-corrected chi connectivity index (χ0v) is 18.5. The van der Waals surface area contributed by atoms with Gasteiger partial charge in [-0.3, -0.25) is 4.79 Å². The van der Waals surface area contributed by atoms with E-state index in [1.807, 2.05) is 32.1 Å². The molecule has 2 N–H and O–H groups in total. The van der Waals surface area contributed by atoms with E-state index < -0.39 is 0 Å². The number of nitrogens with zero attached hydrogens (tertiary/aromatic N) is 3. The van der Waals surface area contributed by atoms with Crippen LogP contribution in [-0.4, -0.2) is 42.6 Å². The van der Waals surface area contributed by atoms with Crippen molar-refractivity contribution >= 4 is 40.9 Å². The first kappa shape index (κ1) is 21.7. The fourth-order valence-electron chi connectivity index (χ4n) is 3.77. The average Bonchev–Trinajstić information content (AvgIpc) is 2.67. The Balaban J connectivity index is 1.65. The number of halogens is 2. The van der Waals surface area contributed by atoms with Gasteiger partial charge in [-0.15, -0.1) is 0 Å². The van der Waals surface area contributed by atoms with Crippen molar-refractivity contribution in [2.45, 2.75) is 38.6 Å². The predicted octanol–water partition coefficient (Wildman–Crippen LogP) is 4.56. The summed E-state index contributed by atoms with van der Waals surface area (Å²) in [5.74, 6) is 1.67. The lowest BCUT2D eigenvalue weighted by atomic mass is 9.84. The van der Waals surface area contributed by atoms with Crippen molar-refractivity contribution in [3.63, 3.8) is 0 Å². The zero-order chi connectivity index (χ0) is 21.0. The number of hydrogen-bond donors (Lipinski definition) is 2. The van der Waals surface area contributed by atoms with Gasteiger partial charge in [-0.1, -0.05) is 36.0 Å². The lowest BCUT2D eigenvalue weighted by molar-refractivity contribution is 0.0942. The Bertz CT molecular complexity index is 854. The third kappa shape index (κ3) is 5.73. The second-order valence-corrected chi connectivity index (χ2v) is 8.63. The summed E-state index contributed by atoms with van der Waals surface area (Å²) in [5.41, 5.74) is 1.51. The molecule has 1 aromatic carbocycles. The van der Waals surface area contributed by atoms with Crippen LogP contribution in [0, 0.1) is 12.8 Å². The minimum atomic E-state index is -0.166. The molecule has 1 heterocycles. The number of carbonyl (C=O) groups is 1. The monoisotopic (exact) mass is 435 g/mol. The smallest absolute Gasteiger partial charge is 0.251 e. The molecule has 1 amide bonds. The van der Waals surface area contributed by atoms with E-state index in [4.69, 9.17) is 23.2 Å². The summed E-state index contributed by atoms with van der Waals surface area (Å²) in [7, 11) is 3.94. The molecule has 8 heteroatoms. The van der Waals surface area contributed by atoms with Crippen LogP contribution in [-0.2, 0) is 0 Å². The van der Waals surface area contributed by atoms with Gasteiger partial charge in [0.25, 0.3) is 5.91 Å². The summed E-state index contributed by atoms with van der Waals surface area (Å²) < 4.78 is 0. The van der Waals surface area contributed by atoms with E-state index in [1.54, 1.807) is 18.2 Å². The average molecular weight is 436 g/mol. The van der Waals surface area contributed by atoms with Gasteiger partial charge in [0.05, 0.1) is 0 Å². The van der Waals surface area contributed by atoms with Crippen LogP contribution < -0.4 is 15.5 Å². The summed E-state index contributed by atoms with van der Waals surface area (Å²) >= 11 is 12.0. The van der Waals surface area contributed by atoms with Crippen LogP contribution in [0.25, 0.3) is 0 Å². The fraction of sp³-hybridized carbons (Fsp3) is 0.476. The van der Waals surface area contributed by atoms with Crippen molar-refractivity contribution in [3.05, 3.63) is 45.6 Å². The van der Waals surface area contributed by atoms with Crippen LogP contribution in [0.4, 0.5) is 11.8 Å². The van der Waals surface area contributed by atoms with Crippen molar-refractivity contribution in [1.82, 2.24) is 15.3 Å². The summed E-state index contributed by atoms with van der Waals surface area (Å²) in [4.78, 5) is 23.6. The number of nitrogens with one attached hydrogen (secondary N) is 2. The van der Waals surface area contributed by atoms with Crippen molar-refractivity contribution in [3.8, 4) is 0 Å². The lowest BCUT2D eigenvalue weighted by Gasteiger charge is -2.32. The highest BCUT2D eigenvalue weighted by Crippen LogP contribution is 2.27. The molecule has 1 fully saturated rings. The second-order valence-electron chi connectivity index (χ2n) is 7.76. The molecule has 3 rings (SSSR count). The Hall–Kier alpha value is -2.05. The molecule has 1 aromatic heterocycles. The Morgan fingerprint density at radius 2 is 1.86 bits per heavy atom. The molecule has 1 saturated carbocycles. The van der Waals surface area contributed by atoms with Gasteiger partial charge in [0.15, 0.2) is 0 Å². The number of benzene rings is 1. The Morgan fingerprint density at radius 3 is 2.55 bits per heavy atom. The predicted molar refractivity (Wildman–Crippen MR) is 119 cm³/mol. The van der Waals surface area contributed by atoms with Gasteiger partial charge in [0.2, 0.25) is 5.95 Å². The topological polar surface area (TPSA) is 70.1 Å². The van der Waals surface area contributed by atoms with E-state index in [0.29, 0.717) is 34.0 Å². The standard InChI is InChI=1S/C21H27Cl2N5O/c1-13-11-25-21(27-19(13)28(2)3)26-18-7-5-4-6-14(18)12-24-20(29)15-8-16(22)10-17(23)9-15/h8-11,14,18H,4-7,12H2,1-3H3,(H,24,29)(H,25,26,27). The molecule has 0 spiro atoms. The Labute approximate surface area is 182 Å². The van der Waals surface area contributed by atoms with Crippen LogP contribution in [0.2, 0.25) is 10.0 Å². The number of anilines is 2. The number of aryl methyl sites for hydroxylation is 1.